The molecular weight excluding hydrogens is 278 g/mol. The van der Waals surface area contributed by atoms with Crippen LogP contribution in [0.3, 0.4) is 0 Å². The van der Waals surface area contributed by atoms with Gasteiger partial charge in [-0.05, 0) is 68.9 Å². The maximum atomic E-state index is 8.95. The molecule has 0 aliphatic heterocycles. The zero-order valence-corrected chi connectivity index (χ0v) is 13.6. The molecule has 22 heavy (non-hydrogen) atoms. The highest BCUT2D eigenvalue weighted by Crippen LogP contribution is 2.16. The van der Waals surface area contributed by atoms with E-state index in [0.29, 0.717) is 0 Å². The van der Waals surface area contributed by atoms with Crippen LogP contribution in [-0.4, -0.2) is 40.1 Å². The second-order valence-electron chi connectivity index (χ2n) is 5.85. The SMILES string of the molecule is OCCCCCc1ncc(CCCCO)cc1CCCCO. The molecule has 0 bridgehead atoms. The van der Waals surface area contributed by atoms with Crippen LogP contribution in [0, 0.1) is 0 Å². The van der Waals surface area contributed by atoms with Gasteiger partial charge in [0.25, 0.3) is 0 Å². The third kappa shape index (κ3) is 7.87. The second-order valence-corrected chi connectivity index (χ2v) is 5.85. The van der Waals surface area contributed by atoms with Crippen molar-refractivity contribution in [2.45, 2.75) is 64.2 Å². The third-order valence-corrected chi connectivity index (χ3v) is 3.92. The van der Waals surface area contributed by atoms with E-state index in [9.17, 15) is 0 Å². The van der Waals surface area contributed by atoms with Gasteiger partial charge in [-0.25, -0.2) is 0 Å². The van der Waals surface area contributed by atoms with Crippen molar-refractivity contribution in [1.29, 1.82) is 0 Å². The third-order valence-electron chi connectivity index (χ3n) is 3.92. The molecule has 126 valence electrons. The average molecular weight is 309 g/mol. The summed E-state index contributed by atoms with van der Waals surface area (Å²) >= 11 is 0. The van der Waals surface area contributed by atoms with E-state index in [2.05, 4.69) is 11.1 Å². The number of aromatic nitrogens is 1. The number of pyridine rings is 1. The molecule has 1 aromatic heterocycles. The van der Waals surface area contributed by atoms with Gasteiger partial charge in [0.2, 0.25) is 0 Å². The topological polar surface area (TPSA) is 73.6 Å². The summed E-state index contributed by atoms with van der Waals surface area (Å²) in [5.41, 5.74) is 3.72. The van der Waals surface area contributed by atoms with Crippen LogP contribution in [0.5, 0.6) is 0 Å². The molecule has 0 amide bonds. The zero-order valence-electron chi connectivity index (χ0n) is 13.6. The van der Waals surface area contributed by atoms with Gasteiger partial charge in [-0.15, -0.1) is 0 Å². The van der Waals surface area contributed by atoms with Crippen molar-refractivity contribution in [3.8, 4) is 0 Å². The smallest absolute Gasteiger partial charge is 0.0435 e. The molecule has 0 aliphatic carbocycles. The number of unbranched alkanes of at least 4 members (excludes halogenated alkanes) is 4. The Morgan fingerprint density at radius 2 is 1.27 bits per heavy atom. The second kappa shape index (κ2) is 12.6. The van der Waals surface area contributed by atoms with Gasteiger partial charge in [-0.3, -0.25) is 4.98 Å². The van der Waals surface area contributed by atoms with Gasteiger partial charge in [0, 0.05) is 31.7 Å². The van der Waals surface area contributed by atoms with Crippen LogP contribution in [0.1, 0.15) is 61.8 Å². The number of aryl methyl sites for hydroxylation is 3. The first-order valence-corrected chi connectivity index (χ1v) is 8.61. The normalized spacial score (nSPS) is 11.0. The van der Waals surface area contributed by atoms with E-state index in [-0.39, 0.29) is 19.8 Å². The minimum Gasteiger partial charge on any atom is -0.396 e. The molecule has 1 heterocycles. The average Bonchev–Trinajstić information content (AvgIpc) is 2.53. The minimum absolute atomic E-state index is 0.245. The Kier molecular flexibility index (Phi) is 10.9. The summed E-state index contributed by atoms with van der Waals surface area (Å²) < 4.78 is 0. The van der Waals surface area contributed by atoms with Crippen LogP contribution in [0.15, 0.2) is 12.3 Å². The molecule has 0 atom stereocenters. The lowest BCUT2D eigenvalue weighted by atomic mass is 9.99. The van der Waals surface area contributed by atoms with Crippen LogP contribution in [0.2, 0.25) is 0 Å². The van der Waals surface area contributed by atoms with Crippen molar-refractivity contribution < 1.29 is 15.3 Å². The summed E-state index contributed by atoms with van der Waals surface area (Å²) in [5.74, 6) is 0. The number of aliphatic hydroxyl groups excluding tert-OH is 3. The lowest BCUT2D eigenvalue weighted by Gasteiger charge is -2.11. The lowest BCUT2D eigenvalue weighted by molar-refractivity contribution is 0.283. The van der Waals surface area contributed by atoms with E-state index in [1.54, 1.807) is 0 Å². The molecule has 0 radical (unpaired) electrons. The number of rotatable bonds is 13. The fourth-order valence-corrected chi connectivity index (χ4v) is 2.62. The highest BCUT2D eigenvalue weighted by atomic mass is 16.3. The maximum absolute atomic E-state index is 8.95. The summed E-state index contributed by atoms with van der Waals surface area (Å²) in [6.45, 7) is 0.760. The predicted octanol–water partition coefficient (Wildman–Crippen LogP) is 2.42. The Balaban J connectivity index is 2.62. The van der Waals surface area contributed by atoms with Crippen LogP contribution < -0.4 is 0 Å². The number of hydrogen-bond donors (Lipinski definition) is 3. The highest BCUT2D eigenvalue weighted by Gasteiger charge is 2.06. The quantitative estimate of drug-likeness (QED) is 0.489. The Labute approximate surface area is 134 Å². The molecule has 1 rings (SSSR count). The van der Waals surface area contributed by atoms with Crippen LogP contribution in [0.4, 0.5) is 0 Å². The Bertz CT molecular complexity index is 396. The summed E-state index contributed by atoms with van der Waals surface area (Å²) in [6, 6.07) is 2.25. The van der Waals surface area contributed by atoms with Crippen LogP contribution >= 0.6 is 0 Å². The van der Waals surface area contributed by atoms with Crippen molar-refractivity contribution >= 4 is 0 Å². The van der Waals surface area contributed by atoms with E-state index in [0.717, 1.165) is 64.2 Å². The molecule has 0 unspecified atom stereocenters. The highest BCUT2D eigenvalue weighted by molar-refractivity contribution is 5.26. The minimum atomic E-state index is 0.245. The summed E-state index contributed by atoms with van der Waals surface area (Å²) in [6.07, 6.45) is 11.5. The van der Waals surface area contributed by atoms with E-state index in [1.807, 2.05) is 6.20 Å². The van der Waals surface area contributed by atoms with Gasteiger partial charge in [0.05, 0.1) is 0 Å². The number of nitrogens with zero attached hydrogens (tertiary/aromatic N) is 1. The first kappa shape index (κ1) is 19.1. The lowest BCUT2D eigenvalue weighted by Crippen LogP contribution is -2.02. The maximum Gasteiger partial charge on any atom is 0.0435 e. The molecule has 0 spiro atoms. The van der Waals surface area contributed by atoms with Crippen LogP contribution in [0.25, 0.3) is 0 Å². The van der Waals surface area contributed by atoms with E-state index in [4.69, 9.17) is 15.3 Å². The largest absolute Gasteiger partial charge is 0.396 e. The van der Waals surface area contributed by atoms with Crippen molar-refractivity contribution in [3.05, 3.63) is 29.1 Å². The Hall–Kier alpha value is -0.970. The molecule has 4 nitrogen and oxygen atoms in total. The molecule has 1 aromatic rings. The molecular formula is C18H31NO3. The van der Waals surface area contributed by atoms with Crippen molar-refractivity contribution in [3.63, 3.8) is 0 Å². The van der Waals surface area contributed by atoms with Gasteiger partial charge in [0.1, 0.15) is 0 Å². The first-order valence-electron chi connectivity index (χ1n) is 8.61. The predicted molar refractivity (Wildman–Crippen MR) is 88.9 cm³/mol. The van der Waals surface area contributed by atoms with E-state index < -0.39 is 0 Å². The van der Waals surface area contributed by atoms with Gasteiger partial charge >= 0.3 is 0 Å². The summed E-state index contributed by atoms with van der Waals surface area (Å²) in [7, 11) is 0. The van der Waals surface area contributed by atoms with Gasteiger partial charge in [0.15, 0.2) is 0 Å². The van der Waals surface area contributed by atoms with Gasteiger partial charge in [-0.2, -0.15) is 0 Å². The number of hydrogen-bond acceptors (Lipinski definition) is 4. The molecule has 0 fully saturated rings. The fourth-order valence-electron chi connectivity index (χ4n) is 2.62. The van der Waals surface area contributed by atoms with Gasteiger partial charge in [-0.1, -0.05) is 12.5 Å². The first-order chi connectivity index (χ1) is 10.8. The van der Waals surface area contributed by atoms with Crippen molar-refractivity contribution in [2.24, 2.45) is 0 Å². The standard InChI is InChI=1S/C18H31NO3/c20-11-5-1-2-10-18-17(9-4-7-13-22)14-16(15-19-18)8-3-6-12-21/h14-15,20-22H,1-13H2. The van der Waals surface area contributed by atoms with E-state index in [1.165, 1.54) is 16.8 Å². The summed E-state index contributed by atoms with van der Waals surface area (Å²) in [5, 5.41) is 26.7. The monoisotopic (exact) mass is 309 g/mol. The molecule has 0 saturated heterocycles. The molecule has 0 aromatic carbocycles. The molecule has 0 saturated carbocycles. The molecule has 4 heteroatoms. The Morgan fingerprint density at radius 3 is 1.95 bits per heavy atom. The van der Waals surface area contributed by atoms with Crippen molar-refractivity contribution in [1.82, 2.24) is 4.98 Å². The molecule has 3 N–H and O–H groups in total. The van der Waals surface area contributed by atoms with Crippen LogP contribution in [-0.2, 0) is 19.3 Å². The number of aliphatic hydroxyl groups is 3. The Morgan fingerprint density at radius 1 is 0.682 bits per heavy atom. The van der Waals surface area contributed by atoms with Crippen molar-refractivity contribution in [2.75, 3.05) is 19.8 Å². The summed E-state index contributed by atoms with van der Waals surface area (Å²) in [4.78, 5) is 4.65. The van der Waals surface area contributed by atoms with E-state index >= 15 is 0 Å². The fraction of sp³-hybridized carbons (Fsp3) is 0.722. The zero-order chi connectivity index (χ0) is 16.0. The molecule has 0 aliphatic rings. The van der Waals surface area contributed by atoms with Gasteiger partial charge < -0.3 is 15.3 Å².